The zero-order chi connectivity index (χ0) is 19.8. The monoisotopic (exact) mass is 414 g/mol. The van der Waals surface area contributed by atoms with Crippen LogP contribution in [0.2, 0.25) is 5.02 Å². The molecule has 0 bridgehead atoms. The van der Waals surface area contributed by atoms with E-state index in [-0.39, 0.29) is 27.9 Å². The SMILES string of the molecule is Cc1noc(C)c1S(=O)(=O)N1CCCN(c2ccc([N+](=O)[O-])cc2Cl)CC1. The molecule has 146 valence electrons. The summed E-state index contributed by atoms with van der Waals surface area (Å²) in [5, 5.41) is 14.9. The second-order valence-electron chi connectivity index (χ2n) is 6.29. The lowest BCUT2D eigenvalue weighted by atomic mass is 10.2. The van der Waals surface area contributed by atoms with Crippen LogP contribution < -0.4 is 4.90 Å². The molecule has 1 fully saturated rings. The maximum absolute atomic E-state index is 13.0. The van der Waals surface area contributed by atoms with Crippen LogP contribution in [0.5, 0.6) is 0 Å². The molecular weight excluding hydrogens is 396 g/mol. The Morgan fingerprint density at radius 1 is 1.22 bits per heavy atom. The summed E-state index contributed by atoms with van der Waals surface area (Å²) in [5.41, 5.74) is 0.909. The van der Waals surface area contributed by atoms with Crippen molar-refractivity contribution in [1.29, 1.82) is 0 Å². The Labute approximate surface area is 161 Å². The maximum atomic E-state index is 13.0. The minimum absolute atomic E-state index is 0.0822. The van der Waals surface area contributed by atoms with Gasteiger partial charge >= 0.3 is 0 Å². The van der Waals surface area contributed by atoms with E-state index < -0.39 is 14.9 Å². The molecule has 11 heteroatoms. The molecule has 9 nitrogen and oxygen atoms in total. The minimum Gasteiger partial charge on any atom is -0.369 e. The lowest BCUT2D eigenvalue weighted by Gasteiger charge is -2.24. The second kappa shape index (κ2) is 7.45. The van der Waals surface area contributed by atoms with E-state index in [0.29, 0.717) is 37.4 Å². The highest BCUT2D eigenvalue weighted by Crippen LogP contribution is 2.31. The number of rotatable bonds is 4. The van der Waals surface area contributed by atoms with E-state index in [4.69, 9.17) is 16.1 Å². The van der Waals surface area contributed by atoms with E-state index >= 15 is 0 Å². The zero-order valence-electron chi connectivity index (χ0n) is 14.9. The molecule has 1 aromatic carbocycles. The number of aromatic nitrogens is 1. The molecule has 0 atom stereocenters. The number of sulfonamides is 1. The van der Waals surface area contributed by atoms with Gasteiger partial charge < -0.3 is 9.42 Å². The van der Waals surface area contributed by atoms with Gasteiger partial charge in [0, 0.05) is 38.3 Å². The molecule has 0 radical (unpaired) electrons. The summed E-state index contributed by atoms with van der Waals surface area (Å²) in [6.07, 6.45) is 0.593. The van der Waals surface area contributed by atoms with E-state index in [1.807, 2.05) is 4.90 Å². The van der Waals surface area contributed by atoms with Crippen molar-refractivity contribution in [3.05, 3.63) is 44.8 Å². The fourth-order valence-electron chi connectivity index (χ4n) is 3.21. The van der Waals surface area contributed by atoms with E-state index in [9.17, 15) is 18.5 Å². The molecule has 2 aromatic rings. The van der Waals surface area contributed by atoms with Gasteiger partial charge in [0.2, 0.25) is 10.0 Å². The highest BCUT2D eigenvalue weighted by Gasteiger charge is 2.32. The topological polar surface area (TPSA) is 110 Å². The van der Waals surface area contributed by atoms with Gasteiger partial charge in [-0.2, -0.15) is 4.31 Å². The average molecular weight is 415 g/mol. The summed E-state index contributed by atoms with van der Waals surface area (Å²) >= 11 is 6.21. The van der Waals surface area contributed by atoms with Crippen molar-refractivity contribution >= 4 is 33.0 Å². The molecule has 0 saturated carbocycles. The number of aryl methyl sites for hydroxylation is 2. The van der Waals surface area contributed by atoms with Gasteiger partial charge in [-0.3, -0.25) is 10.1 Å². The van der Waals surface area contributed by atoms with Crippen LogP contribution >= 0.6 is 11.6 Å². The van der Waals surface area contributed by atoms with Crippen molar-refractivity contribution in [1.82, 2.24) is 9.46 Å². The van der Waals surface area contributed by atoms with Crippen LogP contribution in [-0.4, -0.2) is 49.0 Å². The molecule has 0 aliphatic carbocycles. The van der Waals surface area contributed by atoms with Crippen LogP contribution in [0.4, 0.5) is 11.4 Å². The Bertz CT molecular complexity index is 956. The lowest BCUT2D eigenvalue weighted by Crippen LogP contribution is -2.35. The quantitative estimate of drug-likeness (QED) is 0.558. The van der Waals surface area contributed by atoms with E-state index in [1.165, 1.54) is 16.4 Å². The van der Waals surface area contributed by atoms with Crippen LogP contribution in [0.3, 0.4) is 0 Å². The number of anilines is 1. The number of hydrogen-bond acceptors (Lipinski definition) is 7. The Balaban J connectivity index is 1.81. The third-order valence-corrected chi connectivity index (χ3v) is 6.95. The minimum atomic E-state index is -3.71. The summed E-state index contributed by atoms with van der Waals surface area (Å²) in [5.74, 6) is 0.270. The first kappa shape index (κ1) is 19.6. The first-order chi connectivity index (χ1) is 12.7. The lowest BCUT2D eigenvalue weighted by molar-refractivity contribution is -0.384. The van der Waals surface area contributed by atoms with Gasteiger partial charge in [0.05, 0.1) is 15.6 Å². The molecule has 0 N–H and O–H groups in total. The largest absolute Gasteiger partial charge is 0.369 e. The Morgan fingerprint density at radius 3 is 2.56 bits per heavy atom. The highest BCUT2D eigenvalue weighted by atomic mass is 35.5. The molecular formula is C16H19ClN4O5S. The van der Waals surface area contributed by atoms with Crippen molar-refractivity contribution in [2.24, 2.45) is 0 Å². The van der Waals surface area contributed by atoms with Gasteiger partial charge in [-0.25, -0.2) is 8.42 Å². The van der Waals surface area contributed by atoms with Crippen molar-refractivity contribution in [3.8, 4) is 0 Å². The summed E-state index contributed by atoms with van der Waals surface area (Å²) in [4.78, 5) is 12.4. The zero-order valence-corrected chi connectivity index (χ0v) is 16.5. The molecule has 1 aliphatic heterocycles. The predicted molar refractivity (Wildman–Crippen MR) is 99.7 cm³/mol. The average Bonchev–Trinajstić information content (AvgIpc) is 2.81. The summed E-state index contributed by atoms with van der Waals surface area (Å²) < 4.78 is 32.4. The number of nitrogens with zero attached hydrogens (tertiary/aromatic N) is 4. The van der Waals surface area contributed by atoms with E-state index in [1.54, 1.807) is 19.9 Å². The van der Waals surface area contributed by atoms with Gasteiger partial charge in [0.1, 0.15) is 10.6 Å². The smallest absolute Gasteiger partial charge is 0.271 e. The Hall–Kier alpha value is -2.17. The number of non-ortho nitro benzene ring substituents is 1. The molecule has 1 aromatic heterocycles. The van der Waals surface area contributed by atoms with Gasteiger partial charge in [0.25, 0.3) is 5.69 Å². The highest BCUT2D eigenvalue weighted by molar-refractivity contribution is 7.89. The molecule has 0 unspecified atom stereocenters. The van der Waals surface area contributed by atoms with E-state index in [2.05, 4.69) is 5.16 Å². The van der Waals surface area contributed by atoms with Crippen LogP contribution in [-0.2, 0) is 10.0 Å². The first-order valence-corrected chi connectivity index (χ1v) is 10.2. The van der Waals surface area contributed by atoms with Gasteiger partial charge in [0.15, 0.2) is 5.76 Å². The predicted octanol–water partition coefficient (Wildman–Crippen LogP) is 2.75. The van der Waals surface area contributed by atoms with Crippen molar-refractivity contribution < 1.29 is 17.9 Å². The number of benzene rings is 1. The molecule has 27 heavy (non-hydrogen) atoms. The first-order valence-electron chi connectivity index (χ1n) is 8.33. The molecule has 0 spiro atoms. The standard InChI is InChI=1S/C16H19ClN4O5S/c1-11-16(12(2)26-18-11)27(24,25)20-7-3-6-19(8-9-20)15-5-4-13(21(22)23)10-14(15)17/h4-5,10H,3,6-9H2,1-2H3. The summed E-state index contributed by atoms with van der Waals surface area (Å²) in [6, 6.07) is 4.30. The van der Waals surface area contributed by atoms with Gasteiger partial charge in [-0.05, 0) is 26.3 Å². The molecule has 3 rings (SSSR count). The van der Waals surface area contributed by atoms with Crippen LogP contribution in [0.25, 0.3) is 0 Å². The number of nitro groups is 1. The summed E-state index contributed by atoms with van der Waals surface area (Å²) in [7, 11) is -3.71. The third-order valence-electron chi connectivity index (χ3n) is 4.50. The normalized spacial score (nSPS) is 16.3. The molecule has 0 amide bonds. The molecule has 1 saturated heterocycles. The van der Waals surface area contributed by atoms with Crippen LogP contribution in [0.1, 0.15) is 17.9 Å². The third kappa shape index (κ3) is 3.78. The fourth-order valence-corrected chi connectivity index (χ4v) is 5.27. The Morgan fingerprint density at radius 2 is 1.96 bits per heavy atom. The van der Waals surface area contributed by atoms with Gasteiger partial charge in [-0.1, -0.05) is 16.8 Å². The van der Waals surface area contributed by atoms with E-state index in [0.717, 1.165) is 0 Å². The van der Waals surface area contributed by atoms with Crippen LogP contribution in [0.15, 0.2) is 27.6 Å². The van der Waals surface area contributed by atoms with Crippen LogP contribution in [0, 0.1) is 24.0 Å². The van der Waals surface area contributed by atoms with Crippen molar-refractivity contribution in [2.45, 2.75) is 25.2 Å². The summed E-state index contributed by atoms with van der Waals surface area (Å²) in [6.45, 7) is 4.80. The molecule has 2 heterocycles. The van der Waals surface area contributed by atoms with Gasteiger partial charge in [-0.15, -0.1) is 0 Å². The Kier molecular flexibility index (Phi) is 5.41. The number of halogens is 1. The molecule has 1 aliphatic rings. The second-order valence-corrected chi connectivity index (χ2v) is 8.57. The maximum Gasteiger partial charge on any atom is 0.271 e. The fraction of sp³-hybridized carbons (Fsp3) is 0.438. The number of hydrogen-bond donors (Lipinski definition) is 0. The van der Waals surface area contributed by atoms with Crippen molar-refractivity contribution in [3.63, 3.8) is 0 Å². The van der Waals surface area contributed by atoms with Crippen molar-refractivity contribution in [2.75, 3.05) is 31.1 Å². The number of nitro benzene ring substituents is 1.